The lowest BCUT2D eigenvalue weighted by atomic mass is 10.2. The number of hydrogen-bond donors (Lipinski definition) is 1. The number of methoxy groups -OCH3 is 1. The highest BCUT2D eigenvalue weighted by Gasteiger charge is 2.02. The Morgan fingerprint density at radius 2 is 2.42 bits per heavy atom. The second kappa shape index (κ2) is 3.71. The summed E-state index contributed by atoms with van der Waals surface area (Å²) < 4.78 is 4.47. The monoisotopic (exact) mass is 166 g/mol. The van der Waals surface area contributed by atoms with E-state index in [0.717, 1.165) is 0 Å². The van der Waals surface area contributed by atoms with Gasteiger partial charge in [0.25, 0.3) is 0 Å². The lowest BCUT2D eigenvalue weighted by Gasteiger charge is -1.98. The third-order valence-electron chi connectivity index (χ3n) is 1.40. The number of nitrogen functional groups attached to an aromatic ring is 1. The Labute approximate surface area is 70.4 Å². The van der Waals surface area contributed by atoms with E-state index < -0.39 is 0 Å². The molecule has 1 aromatic heterocycles. The van der Waals surface area contributed by atoms with Crippen molar-refractivity contribution < 1.29 is 9.53 Å². The normalized spacial score (nSPS) is 9.42. The van der Waals surface area contributed by atoms with Crippen LogP contribution in [0.4, 0.5) is 5.69 Å². The van der Waals surface area contributed by atoms with Gasteiger partial charge in [-0.3, -0.25) is 9.78 Å². The first-order chi connectivity index (χ1) is 5.72. The van der Waals surface area contributed by atoms with Crippen LogP contribution in [-0.2, 0) is 16.0 Å². The molecule has 1 heterocycles. The predicted molar refractivity (Wildman–Crippen MR) is 44.4 cm³/mol. The maximum atomic E-state index is 10.8. The van der Waals surface area contributed by atoms with Crippen molar-refractivity contribution in [3.05, 3.63) is 24.0 Å². The molecule has 0 fully saturated rings. The van der Waals surface area contributed by atoms with Crippen molar-refractivity contribution in [1.29, 1.82) is 0 Å². The Kier molecular flexibility index (Phi) is 2.63. The van der Waals surface area contributed by atoms with E-state index in [2.05, 4.69) is 9.72 Å². The Bertz CT molecular complexity index is 269. The third-order valence-corrected chi connectivity index (χ3v) is 1.40. The zero-order valence-electron chi connectivity index (χ0n) is 6.78. The van der Waals surface area contributed by atoms with Gasteiger partial charge in [0, 0.05) is 0 Å². The molecule has 0 unspecified atom stereocenters. The lowest BCUT2D eigenvalue weighted by molar-refractivity contribution is -0.139. The van der Waals surface area contributed by atoms with Crippen molar-refractivity contribution in [2.75, 3.05) is 12.8 Å². The summed E-state index contributed by atoms with van der Waals surface area (Å²) in [6.45, 7) is 0. The molecular weight excluding hydrogens is 156 g/mol. The number of esters is 1. The molecular formula is C8H10N2O2. The van der Waals surface area contributed by atoms with Crippen molar-refractivity contribution in [3.63, 3.8) is 0 Å². The second-order valence-corrected chi connectivity index (χ2v) is 2.34. The first-order valence-corrected chi connectivity index (χ1v) is 3.49. The highest BCUT2D eigenvalue weighted by molar-refractivity contribution is 5.71. The van der Waals surface area contributed by atoms with Crippen LogP contribution in [-0.4, -0.2) is 18.1 Å². The SMILES string of the molecule is COC(=O)Cc1ccc(N)cn1. The zero-order valence-corrected chi connectivity index (χ0v) is 6.78. The summed E-state index contributed by atoms with van der Waals surface area (Å²) in [5.41, 5.74) is 6.66. The van der Waals surface area contributed by atoms with Gasteiger partial charge < -0.3 is 10.5 Å². The molecule has 0 radical (unpaired) electrons. The van der Waals surface area contributed by atoms with E-state index in [9.17, 15) is 4.79 Å². The summed E-state index contributed by atoms with van der Waals surface area (Å²) in [5.74, 6) is -0.299. The molecule has 0 atom stereocenters. The fraction of sp³-hybridized carbons (Fsp3) is 0.250. The van der Waals surface area contributed by atoms with Crippen LogP contribution in [0.5, 0.6) is 0 Å². The maximum absolute atomic E-state index is 10.8. The number of aromatic nitrogens is 1. The molecule has 0 spiro atoms. The highest BCUT2D eigenvalue weighted by atomic mass is 16.5. The minimum Gasteiger partial charge on any atom is -0.469 e. The average molecular weight is 166 g/mol. The minimum absolute atomic E-state index is 0.191. The summed E-state index contributed by atoms with van der Waals surface area (Å²) >= 11 is 0. The third kappa shape index (κ3) is 2.23. The van der Waals surface area contributed by atoms with Crippen molar-refractivity contribution >= 4 is 11.7 Å². The molecule has 12 heavy (non-hydrogen) atoms. The zero-order chi connectivity index (χ0) is 8.97. The van der Waals surface area contributed by atoms with Crippen LogP contribution >= 0.6 is 0 Å². The van der Waals surface area contributed by atoms with Gasteiger partial charge >= 0.3 is 5.97 Å². The summed E-state index contributed by atoms with van der Waals surface area (Å²) in [6.07, 6.45) is 1.70. The molecule has 64 valence electrons. The van der Waals surface area contributed by atoms with Gasteiger partial charge in [-0.1, -0.05) is 0 Å². The molecule has 0 aliphatic rings. The van der Waals surface area contributed by atoms with Crippen LogP contribution < -0.4 is 5.73 Å². The molecule has 1 aromatic rings. The van der Waals surface area contributed by atoms with Crippen LogP contribution in [0.1, 0.15) is 5.69 Å². The number of pyridine rings is 1. The first-order valence-electron chi connectivity index (χ1n) is 3.49. The van der Waals surface area contributed by atoms with Gasteiger partial charge in [-0.25, -0.2) is 0 Å². The summed E-state index contributed by atoms with van der Waals surface area (Å²) in [7, 11) is 1.35. The Balaban J connectivity index is 2.64. The summed E-state index contributed by atoms with van der Waals surface area (Å²) in [4.78, 5) is 14.7. The van der Waals surface area contributed by atoms with Crippen molar-refractivity contribution in [2.45, 2.75) is 6.42 Å². The smallest absolute Gasteiger partial charge is 0.311 e. The molecule has 0 saturated heterocycles. The highest BCUT2D eigenvalue weighted by Crippen LogP contribution is 2.01. The second-order valence-electron chi connectivity index (χ2n) is 2.34. The summed E-state index contributed by atoms with van der Waals surface area (Å²) in [6, 6.07) is 3.40. The minimum atomic E-state index is -0.299. The van der Waals surface area contributed by atoms with Gasteiger partial charge in [0.05, 0.1) is 31.1 Å². The summed E-state index contributed by atoms with van der Waals surface area (Å²) in [5, 5.41) is 0. The molecule has 0 bridgehead atoms. The van der Waals surface area contributed by atoms with E-state index in [4.69, 9.17) is 5.73 Å². The molecule has 0 aliphatic heterocycles. The topological polar surface area (TPSA) is 65.2 Å². The van der Waals surface area contributed by atoms with Crippen molar-refractivity contribution in [3.8, 4) is 0 Å². The number of carbonyl (C=O) groups excluding carboxylic acids is 1. The number of rotatable bonds is 2. The van der Waals surface area contributed by atoms with Gasteiger partial charge in [-0.15, -0.1) is 0 Å². The number of ether oxygens (including phenoxy) is 1. The van der Waals surface area contributed by atoms with Crippen LogP contribution in [0.15, 0.2) is 18.3 Å². The van der Waals surface area contributed by atoms with Gasteiger partial charge in [0.1, 0.15) is 0 Å². The van der Waals surface area contributed by atoms with Gasteiger partial charge in [-0.05, 0) is 12.1 Å². The maximum Gasteiger partial charge on any atom is 0.311 e. The van der Waals surface area contributed by atoms with E-state index >= 15 is 0 Å². The predicted octanol–water partition coefficient (Wildman–Crippen LogP) is 0.379. The van der Waals surface area contributed by atoms with Crippen LogP contribution in [0.2, 0.25) is 0 Å². The van der Waals surface area contributed by atoms with E-state index in [-0.39, 0.29) is 12.4 Å². The molecule has 0 amide bonds. The number of nitrogens with zero attached hydrogens (tertiary/aromatic N) is 1. The number of anilines is 1. The molecule has 4 heteroatoms. The van der Waals surface area contributed by atoms with E-state index in [1.54, 1.807) is 12.1 Å². The average Bonchev–Trinajstić information content (AvgIpc) is 2.09. The van der Waals surface area contributed by atoms with Crippen LogP contribution in [0.3, 0.4) is 0 Å². The Morgan fingerprint density at radius 3 is 2.92 bits per heavy atom. The van der Waals surface area contributed by atoms with Crippen LogP contribution in [0, 0.1) is 0 Å². The lowest BCUT2D eigenvalue weighted by Crippen LogP contribution is -2.05. The molecule has 1 rings (SSSR count). The van der Waals surface area contributed by atoms with Crippen LogP contribution in [0.25, 0.3) is 0 Å². The fourth-order valence-corrected chi connectivity index (χ4v) is 0.761. The quantitative estimate of drug-likeness (QED) is 0.645. The fourth-order valence-electron chi connectivity index (χ4n) is 0.761. The van der Waals surface area contributed by atoms with Crippen molar-refractivity contribution in [1.82, 2.24) is 4.98 Å². The standard InChI is InChI=1S/C8H10N2O2/c1-12-8(11)4-7-3-2-6(9)5-10-7/h2-3,5H,4,9H2,1H3. The van der Waals surface area contributed by atoms with Gasteiger partial charge in [-0.2, -0.15) is 0 Å². The molecule has 4 nitrogen and oxygen atoms in total. The van der Waals surface area contributed by atoms with Gasteiger partial charge in [0.15, 0.2) is 0 Å². The number of carbonyl (C=O) groups is 1. The molecule has 0 aromatic carbocycles. The first kappa shape index (κ1) is 8.52. The van der Waals surface area contributed by atoms with E-state index in [1.807, 2.05) is 0 Å². The van der Waals surface area contributed by atoms with Crippen molar-refractivity contribution in [2.24, 2.45) is 0 Å². The van der Waals surface area contributed by atoms with E-state index in [1.165, 1.54) is 13.3 Å². The largest absolute Gasteiger partial charge is 0.469 e. The van der Waals surface area contributed by atoms with Gasteiger partial charge in [0.2, 0.25) is 0 Å². The molecule has 0 saturated carbocycles. The van der Waals surface area contributed by atoms with E-state index in [0.29, 0.717) is 11.4 Å². The number of nitrogens with two attached hydrogens (primary N) is 1. The Hall–Kier alpha value is -1.58. The molecule has 2 N–H and O–H groups in total. The molecule has 0 aliphatic carbocycles. The Morgan fingerprint density at radius 1 is 1.67 bits per heavy atom. The number of hydrogen-bond acceptors (Lipinski definition) is 4.